The molecule has 0 unspecified atom stereocenters. The minimum atomic E-state index is 0.591. The fourth-order valence-electron chi connectivity index (χ4n) is 4.08. The Morgan fingerprint density at radius 1 is 0.778 bits per heavy atom. The van der Waals surface area contributed by atoms with Crippen LogP contribution < -0.4 is 0 Å². The molecule has 0 aromatic rings. The van der Waals surface area contributed by atoms with Crippen molar-refractivity contribution >= 4 is 0 Å². The van der Waals surface area contributed by atoms with Gasteiger partial charge in [0.05, 0.1) is 6.10 Å². The first-order valence-electron chi connectivity index (χ1n) is 8.45. The van der Waals surface area contributed by atoms with Crippen molar-refractivity contribution in [3.63, 3.8) is 0 Å². The van der Waals surface area contributed by atoms with Crippen LogP contribution in [0.15, 0.2) is 0 Å². The molecule has 0 aromatic carbocycles. The van der Waals surface area contributed by atoms with Crippen molar-refractivity contribution in [3.05, 3.63) is 0 Å². The summed E-state index contributed by atoms with van der Waals surface area (Å²) in [5, 5.41) is 0. The van der Waals surface area contributed by atoms with Crippen LogP contribution in [-0.2, 0) is 4.74 Å². The molecule has 2 fully saturated rings. The molecular weight excluding hydrogens is 220 g/mol. The van der Waals surface area contributed by atoms with E-state index in [1.165, 1.54) is 64.2 Å². The largest absolute Gasteiger partial charge is 0.378 e. The van der Waals surface area contributed by atoms with Gasteiger partial charge in [0, 0.05) is 6.61 Å². The van der Waals surface area contributed by atoms with E-state index in [1.54, 1.807) is 0 Å². The lowest BCUT2D eigenvalue weighted by atomic mass is 9.70. The molecule has 2 saturated carbocycles. The van der Waals surface area contributed by atoms with E-state index in [9.17, 15) is 0 Å². The van der Waals surface area contributed by atoms with E-state index in [0.29, 0.717) is 6.10 Å². The lowest BCUT2D eigenvalue weighted by molar-refractivity contribution is 0.00736. The molecule has 2 aliphatic carbocycles. The predicted molar refractivity (Wildman–Crippen MR) is 77.7 cm³/mol. The molecular formula is C17H32O. The zero-order valence-corrected chi connectivity index (χ0v) is 12.5. The Balaban J connectivity index is 1.67. The van der Waals surface area contributed by atoms with Gasteiger partial charge < -0.3 is 4.74 Å². The van der Waals surface area contributed by atoms with Gasteiger partial charge in [0.15, 0.2) is 0 Å². The van der Waals surface area contributed by atoms with Gasteiger partial charge in [-0.15, -0.1) is 0 Å². The summed E-state index contributed by atoms with van der Waals surface area (Å²) in [5.41, 5.74) is 0. The summed E-state index contributed by atoms with van der Waals surface area (Å²) in [4.78, 5) is 0. The first kappa shape index (κ1) is 14.4. The van der Waals surface area contributed by atoms with Crippen molar-refractivity contribution < 1.29 is 4.74 Å². The topological polar surface area (TPSA) is 9.23 Å². The third kappa shape index (κ3) is 3.98. The van der Waals surface area contributed by atoms with Gasteiger partial charge >= 0.3 is 0 Å². The number of hydrogen-bond donors (Lipinski definition) is 0. The Bertz CT molecular complexity index is 210. The average Bonchev–Trinajstić information content (AvgIpc) is 2.46. The van der Waals surface area contributed by atoms with Crippen molar-refractivity contribution in [2.75, 3.05) is 6.61 Å². The van der Waals surface area contributed by atoms with Gasteiger partial charge in [-0.2, -0.15) is 0 Å². The monoisotopic (exact) mass is 252 g/mol. The van der Waals surface area contributed by atoms with E-state index in [-0.39, 0.29) is 0 Å². The maximum Gasteiger partial charge on any atom is 0.0575 e. The SMILES string of the molecule is CCCOC1CCC(C2CCC(CC)CC2)CC1. The highest BCUT2D eigenvalue weighted by molar-refractivity contribution is 4.82. The van der Waals surface area contributed by atoms with Gasteiger partial charge in [-0.25, -0.2) is 0 Å². The Morgan fingerprint density at radius 2 is 1.33 bits per heavy atom. The molecule has 0 spiro atoms. The minimum absolute atomic E-state index is 0.591. The quantitative estimate of drug-likeness (QED) is 0.654. The summed E-state index contributed by atoms with van der Waals surface area (Å²) in [6.07, 6.45) is 14.8. The molecule has 0 bridgehead atoms. The van der Waals surface area contributed by atoms with Crippen LogP contribution in [0.2, 0.25) is 0 Å². The van der Waals surface area contributed by atoms with Crippen LogP contribution in [0.25, 0.3) is 0 Å². The van der Waals surface area contributed by atoms with Crippen molar-refractivity contribution in [1.29, 1.82) is 0 Å². The molecule has 0 aliphatic heterocycles. The van der Waals surface area contributed by atoms with E-state index >= 15 is 0 Å². The van der Waals surface area contributed by atoms with Gasteiger partial charge in [0.25, 0.3) is 0 Å². The third-order valence-corrected chi connectivity index (χ3v) is 5.41. The van der Waals surface area contributed by atoms with Gasteiger partial charge in [-0.3, -0.25) is 0 Å². The third-order valence-electron chi connectivity index (χ3n) is 5.41. The summed E-state index contributed by atoms with van der Waals surface area (Å²) in [5.74, 6) is 3.13. The summed E-state index contributed by atoms with van der Waals surface area (Å²) >= 11 is 0. The summed E-state index contributed by atoms with van der Waals surface area (Å²) in [6.45, 7) is 5.54. The number of ether oxygens (including phenoxy) is 1. The van der Waals surface area contributed by atoms with E-state index in [4.69, 9.17) is 4.74 Å². The van der Waals surface area contributed by atoms with E-state index in [2.05, 4.69) is 13.8 Å². The highest BCUT2D eigenvalue weighted by atomic mass is 16.5. The first-order valence-corrected chi connectivity index (χ1v) is 8.45. The van der Waals surface area contributed by atoms with Gasteiger partial charge in [0.1, 0.15) is 0 Å². The highest BCUT2D eigenvalue weighted by Crippen LogP contribution is 2.41. The molecule has 0 saturated heterocycles. The smallest absolute Gasteiger partial charge is 0.0575 e. The van der Waals surface area contributed by atoms with Crippen LogP contribution in [0.3, 0.4) is 0 Å². The lowest BCUT2D eigenvalue weighted by Gasteiger charge is -2.37. The molecule has 0 atom stereocenters. The first-order chi connectivity index (χ1) is 8.83. The van der Waals surface area contributed by atoms with Gasteiger partial charge in [-0.05, 0) is 62.7 Å². The minimum Gasteiger partial charge on any atom is -0.378 e. The molecule has 1 nitrogen and oxygen atoms in total. The predicted octanol–water partition coefficient (Wildman–Crippen LogP) is 5.19. The number of hydrogen-bond acceptors (Lipinski definition) is 1. The van der Waals surface area contributed by atoms with Crippen LogP contribution in [0.1, 0.15) is 78.1 Å². The molecule has 0 radical (unpaired) electrons. The lowest BCUT2D eigenvalue weighted by Crippen LogP contribution is -2.28. The van der Waals surface area contributed by atoms with Crippen LogP contribution in [0.5, 0.6) is 0 Å². The fourth-order valence-corrected chi connectivity index (χ4v) is 4.08. The second-order valence-corrected chi connectivity index (χ2v) is 6.60. The second-order valence-electron chi connectivity index (χ2n) is 6.60. The Labute approximate surface area is 114 Å². The van der Waals surface area contributed by atoms with E-state index in [0.717, 1.165) is 24.4 Å². The van der Waals surface area contributed by atoms with Crippen molar-refractivity contribution in [2.45, 2.75) is 84.2 Å². The van der Waals surface area contributed by atoms with Gasteiger partial charge in [-0.1, -0.05) is 33.1 Å². The van der Waals surface area contributed by atoms with Crippen LogP contribution >= 0.6 is 0 Å². The van der Waals surface area contributed by atoms with Crippen LogP contribution in [0.4, 0.5) is 0 Å². The molecule has 106 valence electrons. The maximum absolute atomic E-state index is 5.90. The maximum atomic E-state index is 5.90. The number of rotatable bonds is 5. The fraction of sp³-hybridized carbons (Fsp3) is 1.00. The highest BCUT2D eigenvalue weighted by Gasteiger charge is 2.30. The standard InChI is InChI=1S/C17H32O/c1-3-13-18-17-11-9-16(10-12-17)15-7-5-14(4-2)6-8-15/h14-17H,3-13H2,1-2H3. The molecule has 0 amide bonds. The molecule has 2 aliphatic rings. The molecule has 1 heteroatoms. The van der Waals surface area contributed by atoms with Crippen LogP contribution in [-0.4, -0.2) is 12.7 Å². The molecule has 0 heterocycles. The van der Waals surface area contributed by atoms with Gasteiger partial charge in [0.2, 0.25) is 0 Å². The zero-order chi connectivity index (χ0) is 12.8. The molecule has 0 aromatic heterocycles. The summed E-state index contributed by atoms with van der Waals surface area (Å²) < 4.78 is 5.90. The van der Waals surface area contributed by atoms with E-state index in [1.807, 2.05) is 0 Å². The Hall–Kier alpha value is -0.0400. The van der Waals surface area contributed by atoms with Crippen molar-refractivity contribution in [3.8, 4) is 0 Å². The summed E-state index contributed by atoms with van der Waals surface area (Å²) in [7, 11) is 0. The second kappa shape index (κ2) is 7.53. The molecule has 18 heavy (non-hydrogen) atoms. The van der Waals surface area contributed by atoms with Crippen molar-refractivity contribution in [1.82, 2.24) is 0 Å². The Morgan fingerprint density at radius 3 is 1.83 bits per heavy atom. The van der Waals surface area contributed by atoms with Crippen molar-refractivity contribution in [2.24, 2.45) is 17.8 Å². The Kier molecular flexibility index (Phi) is 6.01. The van der Waals surface area contributed by atoms with Crippen LogP contribution in [0, 0.1) is 17.8 Å². The molecule has 2 rings (SSSR count). The molecule has 0 N–H and O–H groups in total. The average molecular weight is 252 g/mol. The normalized spacial score (nSPS) is 37.7. The van der Waals surface area contributed by atoms with E-state index < -0.39 is 0 Å². The summed E-state index contributed by atoms with van der Waals surface area (Å²) in [6, 6.07) is 0. The zero-order valence-electron chi connectivity index (χ0n) is 12.5.